The molecule has 31 heavy (non-hydrogen) atoms. The van der Waals surface area contributed by atoms with Crippen LogP contribution in [0.4, 0.5) is 30.4 Å². The summed E-state index contributed by atoms with van der Waals surface area (Å²) in [7, 11) is 0. The molecule has 0 radical (unpaired) electrons. The Labute approximate surface area is 175 Å². The van der Waals surface area contributed by atoms with Crippen molar-refractivity contribution in [3.05, 3.63) is 102 Å². The first-order valence-corrected chi connectivity index (χ1v) is 9.20. The van der Waals surface area contributed by atoms with Crippen molar-refractivity contribution in [1.82, 2.24) is 9.97 Å². The molecular formula is C23H15F3N4O. The molecule has 0 bridgehead atoms. The van der Waals surface area contributed by atoms with Crippen LogP contribution in [-0.2, 0) is 0 Å². The van der Waals surface area contributed by atoms with Crippen LogP contribution in [-0.4, -0.2) is 15.9 Å². The van der Waals surface area contributed by atoms with Gasteiger partial charge in [0.05, 0.1) is 0 Å². The Morgan fingerprint density at radius 3 is 2.32 bits per heavy atom. The van der Waals surface area contributed by atoms with E-state index in [9.17, 15) is 18.0 Å². The molecule has 4 aromatic rings. The highest BCUT2D eigenvalue weighted by atomic mass is 19.1. The van der Waals surface area contributed by atoms with Gasteiger partial charge in [-0.2, -0.15) is 0 Å². The summed E-state index contributed by atoms with van der Waals surface area (Å²) in [6.07, 6.45) is 1.53. The molecule has 0 unspecified atom stereocenters. The first kappa shape index (κ1) is 20.1. The van der Waals surface area contributed by atoms with E-state index in [0.717, 1.165) is 18.2 Å². The van der Waals surface area contributed by atoms with Crippen molar-refractivity contribution in [2.24, 2.45) is 0 Å². The molecule has 1 amide bonds. The monoisotopic (exact) mass is 420 g/mol. The van der Waals surface area contributed by atoms with Crippen LogP contribution in [0.15, 0.2) is 79.0 Å². The van der Waals surface area contributed by atoms with Crippen molar-refractivity contribution < 1.29 is 18.0 Å². The lowest BCUT2D eigenvalue weighted by atomic mass is 10.1. The molecule has 0 aliphatic rings. The molecule has 0 saturated heterocycles. The van der Waals surface area contributed by atoms with Crippen LogP contribution in [0.25, 0.3) is 11.4 Å². The Hall–Kier alpha value is -4.20. The lowest BCUT2D eigenvalue weighted by molar-refractivity contribution is 0.102. The van der Waals surface area contributed by atoms with E-state index in [1.54, 1.807) is 42.5 Å². The molecule has 8 heteroatoms. The molecule has 0 atom stereocenters. The van der Waals surface area contributed by atoms with Crippen LogP contribution >= 0.6 is 0 Å². The maximum atomic E-state index is 13.5. The Morgan fingerprint density at radius 2 is 1.55 bits per heavy atom. The SMILES string of the molecule is O=C(Nc1cc(F)cc(F)c1)c1cccc(Nc2ccnc(-c3cccc(F)c3)n2)c1. The highest BCUT2D eigenvalue weighted by Crippen LogP contribution is 2.21. The summed E-state index contributed by atoms with van der Waals surface area (Å²) in [6.45, 7) is 0. The third-order valence-corrected chi connectivity index (χ3v) is 4.26. The van der Waals surface area contributed by atoms with Crippen LogP contribution in [0, 0.1) is 17.5 Å². The average molecular weight is 420 g/mol. The zero-order valence-corrected chi connectivity index (χ0v) is 15.9. The predicted octanol–water partition coefficient (Wildman–Crippen LogP) is 5.56. The van der Waals surface area contributed by atoms with E-state index in [2.05, 4.69) is 20.6 Å². The highest BCUT2D eigenvalue weighted by Gasteiger charge is 2.10. The number of nitrogens with one attached hydrogen (secondary N) is 2. The Kier molecular flexibility index (Phi) is 5.61. The lowest BCUT2D eigenvalue weighted by Crippen LogP contribution is -2.12. The van der Waals surface area contributed by atoms with Crippen LogP contribution in [0.2, 0.25) is 0 Å². The summed E-state index contributed by atoms with van der Waals surface area (Å²) >= 11 is 0. The van der Waals surface area contributed by atoms with Gasteiger partial charge in [-0.3, -0.25) is 4.79 Å². The summed E-state index contributed by atoms with van der Waals surface area (Å²) in [6, 6.07) is 16.8. The smallest absolute Gasteiger partial charge is 0.255 e. The van der Waals surface area contributed by atoms with Crippen LogP contribution in [0.3, 0.4) is 0 Å². The molecule has 2 N–H and O–H groups in total. The van der Waals surface area contributed by atoms with Gasteiger partial charge in [0.1, 0.15) is 23.3 Å². The van der Waals surface area contributed by atoms with Crippen molar-refractivity contribution in [2.45, 2.75) is 0 Å². The normalized spacial score (nSPS) is 10.5. The molecule has 154 valence electrons. The van der Waals surface area contributed by atoms with Crippen molar-refractivity contribution in [2.75, 3.05) is 10.6 Å². The van der Waals surface area contributed by atoms with E-state index in [1.807, 2.05) is 0 Å². The third kappa shape index (κ3) is 5.05. The van der Waals surface area contributed by atoms with Gasteiger partial charge >= 0.3 is 0 Å². The molecular weight excluding hydrogens is 405 g/mol. The van der Waals surface area contributed by atoms with E-state index >= 15 is 0 Å². The number of benzene rings is 3. The molecule has 5 nitrogen and oxygen atoms in total. The number of anilines is 3. The Balaban J connectivity index is 1.52. The number of nitrogens with zero attached hydrogens (tertiary/aromatic N) is 2. The van der Waals surface area contributed by atoms with E-state index < -0.39 is 23.4 Å². The summed E-state index contributed by atoms with van der Waals surface area (Å²) in [5.74, 6) is -1.72. The first-order valence-electron chi connectivity index (χ1n) is 9.20. The maximum Gasteiger partial charge on any atom is 0.255 e. The van der Waals surface area contributed by atoms with Gasteiger partial charge in [0, 0.05) is 34.8 Å². The number of carbonyl (C=O) groups is 1. The van der Waals surface area contributed by atoms with Gasteiger partial charge in [0.25, 0.3) is 5.91 Å². The molecule has 1 heterocycles. The van der Waals surface area contributed by atoms with E-state index in [4.69, 9.17) is 0 Å². The van der Waals surface area contributed by atoms with Crippen LogP contribution in [0.1, 0.15) is 10.4 Å². The van der Waals surface area contributed by atoms with E-state index in [0.29, 0.717) is 22.9 Å². The van der Waals surface area contributed by atoms with Gasteiger partial charge in [0.15, 0.2) is 5.82 Å². The van der Waals surface area contributed by atoms with Gasteiger partial charge in [-0.25, -0.2) is 23.1 Å². The van der Waals surface area contributed by atoms with Gasteiger partial charge in [-0.15, -0.1) is 0 Å². The van der Waals surface area contributed by atoms with Crippen molar-refractivity contribution in [1.29, 1.82) is 0 Å². The second-order valence-electron chi connectivity index (χ2n) is 6.59. The van der Waals surface area contributed by atoms with Gasteiger partial charge < -0.3 is 10.6 Å². The summed E-state index contributed by atoms with van der Waals surface area (Å²) in [4.78, 5) is 21.0. The fourth-order valence-electron chi connectivity index (χ4n) is 2.91. The molecule has 3 aromatic carbocycles. The molecule has 0 saturated carbocycles. The zero-order valence-electron chi connectivity index (χ0n) is 15.9. The molecule has 0 fully saturated rings. The molecule has 0 aliphatic heterocycles. The van der Waals surface area contributed by atoms with Gasteiger partial charge in [0.2, 0.25) is 0 Å². The quantitative estimate of drug-likeness (QED) is 0.444. The second kappa shape index (κ2) is 8.66. The van der Waals surface area contributed by atoms with E-state index in [1.165, 1.54) is 18.3 Å². The Morgan fingerprint density at radius 1 is 0.774 bits per heavy atom. The maximum absolute atomic E-state index is 13.5. The number of rotatable bonds is 5. The Bertz CT molecular complexity index is 1240. The number of carbonyl (C=O) groups excluding carboxylic acids is 1. The molecule has 4 rings (SSSR count). The van der Waals surface area contributed by atoms with Crippen LogP contribution < -0.4 is 10.6 Å². The predicted molar refractivity (Wildman–Crippen MR) is 111 cm³/mol. The molecule has 1 aromatic heterocycles. The minimum atomic E-state index is -0.788. The first-order chi connectivity index (χ1) is 15.0. The van der Waals surface area contributed by atoms with E-state index in [-0.39, 0.29) is 11.3 Å². The van der Waals surface area contributed by atoms with Crippen molar-refractivity contribution in [3.63, 3.8) is 0 Å². The second-order valence-corrected chi connectivity index (χ2v) is 6.59. The molecule has 0 aliphatic carbocycles. The number of aromatic nitrogens is 2. The fraction of sp³-hybridized carbons (Fsp3) is 0. The summed E-state index contributed by atoms with van der Waals surface area (Å²) in [5, 5.41) is 5.52. The van der Waals surface area contributed by atoms with Crippen LogP contribution in [0.5, 0.6) is 0 Å². The number of halogens is 3. The minimum Gasteiger partial charge on any atom is -0.340 e. The van der Waals surface area contributed by atoms with Crippen molar-refractivity contribution in [3.8, 4) is 11.4 Å². The third-order valence-electron chi connectivity index (χ3n) is 4.26. The number of hydrogen-bond donors (Lipinski definition) is 2. The largest absolute Gasteiger partial charge is 0.340 e. The number of hydrogen-bond acceptors (Lipinski definition) is 4. The standard InChI is InChI=1S/C23H15F3N4O/c24-16-5-1-3-14(9-16)22-27-8-7-21(30-22)28-19-6-2-4-15(10-19)23(31)29-20-12-17(25)11-18(26)13-20/h1-13H,(H,29,31)(H,27,28,30). The zero-order chi connectivity index (χ0) is 21.8. The minimum absolute atomic E-state index is 0.0106. The highest BCUT2D eigenvalue weighted by molar-refractivity contribution is 6.04. The molecule has 0 spiro atoms. The lowest BCUT2D eigenvalue weighted by Gasteiger charge is -2.10. The summed E-state index contributed by atoms with van der Waals surface area (Å²) < 4.78 is 40.1. The summed E-state index contributed by atoms with van der Waals surface area (Å²) in [5.41, 5.74) is 1.37. The van der Waals surface area contributed by atoms with Crippen molar-refractivity contribution >= 4 is 23.1 Å². The number of amides is 1. The average Bonchev–Trinajstić information content (AvgIpc) is 2.73. The fourth-order valence-corrected chi connectivity index (χ4v) is 2.91. The van der Waals surface area contributed by atoms with Gasteiger partial charge in [-0.1, -0.05) is 18.2 Å². The topological polar surface area (TPSA) is 66.9 Å². The van der Waals surface area contributed by atoms with Gasteiger partial charge in [-0.05, 0) is 48.5 Å².